The molecule has 1 saturated carbocycles. The van der Waals surface area contributed by atoms with Gasteiger partial charge in [0.2, 0.25) is 0 Å². The average Bonchev–Trinajstić information content (AvgIpc) is 2.79. The Hall–Kier alpha value is -1.01. The van der Waals surface area contributed by atoms with E-state index in [0.29, 0.717) is 22.6 Å². The molecule has 0 unspecified atom stereocenters. The maximum atomic E-state index is 9.75. The van der Waals surface area contributed by atoms with Gasteiger partial charge in [0.05, 0.1) is 6.10 Å². The molecule has 0 bridgehead atoms. The summed E-state index contributed by atoms with van der Waals surface area (Å²) in [6, 6.07) is 6.21. The number of nitrogens with one attached hydrogen (secondary N) is 1. The third kappa shape index (κ3) is 7.24. The van der Waals surface area contributed by atoms with Crippen LogP contribution in [0.1, 0.15) is 44.2 Å². The molecule has 1 heterocycles. The largest absolute Gasteiger partial charge is 0.393 e. The molecule has 1 aliphatic carbocycles. The number of aliphatic hydroxyl groups excluding tert-OH is 1. The first-order chi connectivity index (χ1) is 15.4. The molecule has 2 N–H and O–H groups in total. The Labute approximate surface area is 207 Å². The smallest absolute Gasteiger partial charge is 0.0541 e. The van der Waals surface area contributed by atoms with Gasteiger partial charge in [0.1, 0.15) is 0 Å². The van der Waals surface area contributed by atoms with E-state index < -0.39 is 0 Å². The molecule has 1 aromatic rings. The number of hydrogen-bond acceptors (Lipinski definition) is 4. The number of allylic oxidation sites excluding steroid dienone is 3. The second-order valence-corrected chi connectivity index (χ2v) is 9.99. The highest BCUT2D eigenvalue weighted by atomic mass is 35.5. The molecule has 4 nitrogen and oxygen atoms in total. The number of nitrogens with zero attached hydrogens (tertiary/aromatic N) is 2. The van der Waals surface area contributed by atoms with Crippen molar-refractivity contribution in [3.63, 3.8) is 0 Å². The first-order valence-corrected chi connectivity index (χ1v) is 12.5. The molecule has 0 radical (unpaired) electrons. The normalized spacial score (nSPS) is 24.5. The predicted octanol–water partition coefficient (Wildman–Crippen LogP) is 5.76. The van der Waals surface area contributed by atoms with Gasteiger partial charge in [-0.05, 0) is 68.5 Å². The molecule has 2 fully saturated rings. The summed E-state index contributed by atoms with van der Waals surface area (Å²) in [4.78, 5) is 4.95. The van der Waals surface area contributed by atoms with Gasteiger partial charge in [-0.15, -0.1) is 0 Å². The van der Waals surface area contributed by atoms with Crippen LogP contribution in [0.4, 0.5) is 0 Å². The van der Waals surface area contributed by atoms with Crippen LogP contribution in [0.3, 0.4) is 0 Å². The zero-order valence-corrected chi connectivity index (χ0v) is 21.0. The maximum absolute atomic E-state index is 9.75. The second-order valence-electron chi connectivity index (χ2n) is 8.66. The van der Waals surface area contributed by atoms with E-state index in [0.717, 1.165) is 68.2 Å². The van der Waals surface area contributed by atoms with Crippen molar-refractivity contribution in [1.29, 1.82) is 0 Å². The molecule has 1 saturated heterocycles. The van der Waals surface area contributed by atoms with Crippen LogP contribution in [0, 0.1) is 0 Å². The van der Waals surface area contributed by atoms with Crippen LogP contribution < -0.4 is 5.32 Å². The molecule has 0 amide bonds. The third-order valence-electron chi connectivity index (χ3n) is 6.51. The van der Waals surface area contributed by atoms with Crippen LogP contribution in [-0.2, 0) is 0 Å². The molecular formula is C25H34Cl3N3O. The Morgan fingerprint density at radius 1 is 1.16 bits per heavy atom. The quantitative estimate of drug-likeness (QED) is 0.447. The van der Waals surface area contributed by atoms with Gasteiger partial charge in [-0.3, -0.25) is 4.90 Å². The van der Waals surface area contributed by atoms with Crippen LogP contribution >= 0.6 is 34.8 Å². The Morgan fingerprint density at radius 2 is 1.84 bits per heavy atom. The molecule has 0 aromatic heterocycles. The fourth-order valence-electron chi connectivity index (χ4n) is 4.52. The monoisotopic (exact) mass is 497 g/mol. The SMILES string of the molecule is C=C/C(=C\C=C(\Cl)CN[C@H](C)c1ccc(Cl)cc1Cl)N1CCN([C@H]2CC[C@@H](O)CC2)CC1. The average molecular weight is 499 g/mol. The summed E-state index contributed by atoms with van der Waals surface area (Å²) >= 11 is 18.8. The fraction of sp³-hybridized carbons (Fsp3) is 0.520. The van der Waals surface area contributed by atoms with Crippen molar-refractivity contribution in [3.8, 4) is 0 Å². The van der Waals surface area contributed by atoms with E-state index in [1.54, 1.807) is 6.07 Å². The number of aliphatic hydroxyl groups is 1. The number of halogens is 3. The van der Waals surface area contributed by atoms with Gasteiger partial charge in [0.25, 0.3) is 0 Å². The minimum absolute atomic E-state index is 0.0544. The van der Waals surface area contributed by atoms with Gasteiger partial charge < -0.3 is 15.3 Å². The number of piperazine rings is 1. The number of benzene rings is 1. The number of rotatable bonds is 8. The highest BCUT2D eigenvalue weighted by Gasteiger charge is 2.27. The molecule has 3 rings (SSSR count). The van der Waals surface area contributed by atoms with Crippen molar-refractivity contribution in [3.05, 3.63) is 69.3 Å². The van der Waals surface area contributed by atoms with Gasteiger partial charge in [-0.1, -0.05) is 47.4 Å². The lowest BCUT2D eigenvalue weighted by atomic mass is 9.91. The van der Waals surface area contributed by atoms with E-state index in [9.17, 15) is 5.11 Å². The first-order valence-electron chi connectivity index (χ1n) is 11.4. The molecule has 32 heavy (non-hydrogen) atoms. The summed E-state index contributed by atoms with van der Waals surface area (Å²) in [6.07, 6.45) is 9.87. The van der Waals surface area contributed by atoms with Gasteiger partial charge in [-0.25, -0.2) is 0 Å². The molecule has 176 valence electrons. The Bertz CT molecular complexity index is 826. The van der Waals surface area contributed by atoms with Crippen molar-refractivity contribution < 1.29 is 5.11 Å². The van der Waals surface area contributed by atoms with Crippen molar-refractivity contribution in [1.82, 2.24) is 15.1 Å². The summed E-state index contributed by atoms with van der Waals surface area (Å²) in [5.41, 5.74) is 2.09. The summed E-state index contributed by atoms with van der Waals surface area (Å²) < 4.78 is 0. The number of hydrogen-bond donors (Lipinski definition) is 2. The van der Waals surface area contributed by atoms with E-state index in [1.165, 1.54) is 0 Å². The van der Waals surface area contributed by atoms with E-state index in [-0.39, 0.29) is 12.1 Å². The van der Waals surface area contributed by atoms with Crippen LogP contribution in [0.25, 0.3) is 0 Å². The highest BCUT2D eigenvalue weighted by molar-refractivity contribution is 6.35. The van der Waals surface area contributed by atoms with Crippen molar-refractivity contribution in [2.75, 3.05) is 32.7 Å². The van der Waals surface area contributed by atoms with Crippen molar-refractivity contribution in [2.24, 2.45) is 0 Å². The summed E-state index contributed by atoms with van der Waals surface area (Å²) in [7, 11) is 0. The molecule has 0 spiro atoms. The van der Waals surface area contributed by atoms with Gasteiger partial charge in [0.15, 0.2) is 0 Å². The molecule has 1 aliphatic heterocycles. The Kier molecular flexibility index (Phi) is 9.97. The lowest BCUT2D eigenvalue weighted by molar-refractivity contribution is 0.0520. The van der Waals surface area contributed by atoms with E-state index >= 15 is 0 Å². The van der Waals surface area contributed by atoms with Crippen LogP contribution in [0.2, 0.25) is 10.0 Å². The van der Waals surface area contributed by atoms with Crippen LogP contribution in [0.15, 0.2) is 53.7 Å². The van der Waals surface area contributed by atoms with Gasteiger partial charge in [-0.2, -0.15) is 0 Å². The van der Waals surface area contributed by atoms with Gasteiger partial charge in [0, 0.05) is 65.6 Å². The maximum Gasteiger partial charge on any atom is 0.0541 e. The molecule has 7 heteroatoms. The lowest BCUT2D eigenvalue weighted by Crippen LogP contribution is -2.50. The zero-order chi connectivity index (χ0) is 23.1. The summed E-state index contributed by atoms with van der Waals surface area (Å²) in [5, 5.41) is 15.2. The molecule has 1 aromatic carbocycles. The van der Waals surface area contributed by atoms with Crippen molar-refractivity contribution >= 4 is 34.8 Å². The predicted molar refractivity (Wildman–Crippen MR) is 137 cm³/mol. The molecule has 2 aliphatic rings. The fourth-order valence-corrected chi connectivity index (χ4v) is 5.23. The minimum atomic E-state index is -0.0972. The van der Waals surface area contributed by atoms with Crippen molar-refractivity contribution in [2.45, 2.75) is 50.8 Å². The second kappa shape index (κ2) is 12.5. The third-order valence-corrected chi connectivity index (χ3v) is 7.33. The first kappa shape index (κ1) is 25.6. The standard InChI is InChI=1S/C25H34Cl3N3O/c1-3-21(30-12-14-31(15-13-30)22-7-9-23(32)10-8-22)6-4-20(27)17-29-18(2)24-11-5-19(26)16-25(24)28/h3-6,11,16,18,22-23,29,32H,1,7-10,12-15,17H2,2H3/b20-4+,21-6+/t18-,22-,23+/m1/s1. The van der Waals surface area contributed by atoms with Crippen LogP contribution in [-0.4, -0.2) is 59.8 Å². The zero-order valence-electron chi connectivity index (χ0n) is 18.7. The lowest BCUT2D eigenvalue weighted by Gasteiger charge is -2.42. The van der Waals surface area contributed by atoms with E-state index in [2.05, 4.69) is 28.6 Å². The van der Waals surface area contributed by atoms with Gasteiger partial charge >= 0.3 is 0 Å². The Morgan fingerprint density at radius 3 is 2.47 bits per heavy atom. The van der Waals surface area contributed by atoms with E-state index in [1.807, 2.05) is 30.4 Å². The minimum Gasteiger partial charge on any atom is -0.393 e. The highest BCUT2D eigenvalue weighted by Crippen LogP contribution is 2.27. The molecular weight excluding hydrogens is 465 g/mol. The van der Waals surface area contributed by atoms with E-state index in [4.69, 9.17) is 34.8 Å². The summed E-state index contributed by atoms with van der Waals surface area (Å²) in [6.45, 7) is 10.6. The summed E-state index contributed by atoms with van der Waals surface area (Å²) in [5.74, 6) is 0. The topological polar surface area (TPSA) is 38.7 Å². The Balaban J connectivity index is 1.49. The molecule has 1 atom stereocenters. The van der Waals surface area contributed by atoms with Crippen LogP contribution in [0.5, 0.6) is 0 Å².